The predicted molar refractivity (Wildman–Crippen MR) is 288 cm³/mol. The number of fused-ring (bicyclic) bond motifs is 17. The van der Waals surface area contributed by atoms with Crippen molar-refractivity contribution in [1.29, 1.82) is 0 Å². The fourth-order valence-electron chi connectivity index (χ4n) is 12.5. The first kappa shape index (κ1) is 39.1. The normalized spacial score (nSPS) is 14.5. The summed E-state index contributed by atoms with van der Waals surface area (Å²) < 4.78 is 5.18. The van der Waals surface area contributed by atoms with Crippen molar-refractivity contribution in [3.8, 4) is 16.8 Å². The molecule has 0 radical (unpaired) electrons. The number of hydrogen-bond donors (Lipinski definition) is 0. The van der Waals surface area contributed by atoms with Crippen LogP contribution in [0.5, 0.6) is 0 Å². The summed E-state index contributed by atoms with van der Waals surface area (Å²) in [6.07, 6.45) is 0. The lowest BCUT2D eigenvalue weighted by atomic mass is 9.29. The van der Waals surface area contributed by atoms with E-state index in [1.807, 2.05) is 11.3 Å². The summed E-state index contributed by atoms with van der Waals surface area (Å²) in [5.74, 6) is 0. The second-order valence-corrected chi connectivity index (χ2v) is 22.3. The first-order chi connectivity index (χ1) is 32.5. The smallest absolute Gasteiger partial charge is 0.247 e. The molecule has 0 fully saturated rings. The Hall–Kier alpha value is -7.14. The first-order valence-corrected chi connectivity index (χ1v) is 24.7. The van der Waals surface area contributed by atoms with Crippen LogP contribution in [0.25, 0.3) is 58.8 Å². The van der Waals surface area contributed by atoms with Gasteiger partial charge in [-0.2, -0.15) is 0 Å². The Balaban J connectivity index is 1.20. The van der Waals surface area contributed by atoms with Gasteiger partial charge in [0.15, 0.2) is 0 Å². The summed E-state index contributed by atoms with van der Waals surface area (Å²) in [6, 6.07) is 72.8. The number of hydrogen-bond acceptors (Lipinski definition) is 2. The minimum Gasteiger partial charge on any atom is -0.311 e. The van der Waals surface area contributed by atoms with E-state index in [0.717, 1.165) is 0 Å². The molecule has 0 saturated heterocycles. The zero-order chi connectivity index (χ0) is 45.1. The van der Waals surface area contributed by atoms with Crippen LogP contribution in [0.2, 0.25) is 0 Å². The summed E-state index contributed by atoms with van der Waals surface area (Å²) in [4.78, 5) is 2.64. The van der Waals surface area contributed by atoms with Crippen LogP contribution >= 0.6 is 11.3 Å². The summed E-state index contributed by atoms with van der Waals surface area (Å²) in [5, 5.41) is 5.19. The van der Waals surface area contributed by atoms with E-state index in [1.165, 1.54) is 126 Å². The second kappa shape index (κ2) is 13.5. The molecule has 2 nitrogen and oxygen atoms in total. The van der Waals surface area contributed by atoms with E-state index in [-0.39, 0.29) is 17.5 Å². The molecule has 11 aromatic rings. The van der Waals surface area contributed by atoms with Gasteiger partial charge in [-0.3, -0.25) is 0 Å². The highest BCUT2D eigenvalue weighted by Crippen LogP contribution is 2.58. The maximum absolute atomic E-state index is 2.64. The van der Waals surface area contributed by atoms with E-state index < -0.39 is 5.41 Å². The zero-order valence-electron chi connectivity index (χ0n) is 38.8. The number of benzene rings is 9. The Morgan fingerprint density at radius 1 is 0.418 bits per heavy atom. The molecule has 0 saturated carbocycles. The number of para-hydroxylation sites is 2. The molecule has 320 valence electrons. The molecule has 1 aliphatic carbocycles. The van der Waals surface area contributed by atoms with Gasteiger partial charge in [-0.1, -0.05) is 187 Å². The first-order valence-electron chi connectivity index (χ1n) is 23.9. The van der Waals surface area contributed by atoms with Crippen molar-refractivity contribution < 1.29 is 0 Å². The average Bonchev–Trinajstić information content (AvgIpc) is 3.97. The van der Waals surface area contributed by atoms with Crippen LogP contribution in [0.15, 0.2) is 188 Å². The van der Waals surface area contributed by atoms with Gasteiger partial charge in [0.25, 0.3) is 0 Å². The topological polar surface area (TPSA) is 8.17 Å². The SMILES string of the molecule is CC(C)(C)c1ccc(N2c3cc4sc5ccccc5c4cc3B3c4cc(C(C)(C)C)ccc4C4(c5ccccc5-c5ccccc54)c4cc(-n5c6ccccc6c6ccccc65)cc2c43)cc1. The average molecular weight is 877 g/mol. The van der Waals surface area contributed by atoms with Gasteiger partial charge < -0.3 is 9.47 Å². The Bertz CT molecular complexity index is 3810. The number of nitrogens with zero attached hydrogens (tertiary/aromatic N) is 2. The van der Waals surface area contributed by atoms with Crippen LogP contribution in [0, 0.1) is 0 Å². The van der Waals surface area contributed by atoms with Crippen LogP contribution in [-0.4, -0.2) is 11.3 Å². The highest BCUT2D eigenvalue weighted by molar-refractivity contribution is 7.26. The molecule has 0 N–H and O–H groups in total. The van der Waals surface area contributed by atoms with E-state index >= 15 is 0 Å². The van der Waals surface area contributed by atoms with Crippen molar-refractivity contribution in [2.24, 2.45) is 0 Å². The van der Waals surface area contributed by atoms with Crippen LogP contribution in [0.3, 0.4) is 0 Å². The van der Waals surface area contributed by atoms with Crippen molar-refractivity contribution in [2.75, 3.05) is 4.90 Å². The van der Waals surface area contributed by atoms with Gasteiger partial charge in [0.2, 0.25) is 6.71 Å². The Labute approximate surface area is 396 Å². The zero-order valence-corrected chi connectivity index (χ0v) is 39.6. The highest BCUT2D eigenvalue weighted by atomic mass is 32.1. The fraction of sp³-hybridized carbons (Fsp3) is 0.143. The van der Waals surface area contributed by atoms with Crippen molar-refractivity contribution in [3.63, 3.8) is 0 Å². The van der Waals surface area contributed by atoms with Crippen LogP contribution in [-0.2, 0) is 16.2 Å². The Kier molecular flexibility index (Phi) is 7.87. The monoisotopic (exact) mass is 876 g/mol. The van der Waals surface area contributed by atoms with Gasteiger partial charge in [-0.05, 0) is 120 Å². The Morgan fingerprint density at radius 2 is 1.00 bits per heavy atom. The molecule has 67 heavy (non-hydrogen) atoms. The molecule has 3 aliphatic rings. The lowest BCUT2D eigenvalue weighted by Gasteiger charge is -2.48. The van der Waals surface area contributed by atoms with Gasteiger partial charge in [0.1, 0.15) is 0 Å². The van der Waals surface area contributed by atoms with E-state index in [1.54, 1.807) is 0 Å². The van der Waals surface area contributed by atoms with Crippen molar-refractivity contribution in [3.05, 3.63) is 221 Å². The second-order valence-electron chi connectivity index (χ2n) is 21.3. The van der Waals surface area contributed by atoms with E-state index in [0.29, 0.717) is 0 Å². The molecule has 0 unspecified atom stereocenters. The fourth-order valence-corrected chi connectivity index (χ4v) is 13.6. The van der Waals surface area contributed by atoms with E-state index in [4.69, 9.17) is 0 Å². The molecule has 9 aromatic carbocycles. The summed E-state index contributed by atoms with van der Waals surface area (Å²) in [5.41, 5.74) is 21.5. The minimum absolute atomic E-state index is 0.0202. The maximum Gasteiger partial charge on any atom is 0.247 e. The van der Waals surface area contributed by atoms with Crippen molar-refractivity contribution in [1.82, 2.24) is 4.57 Å². The van der Waals surface area contributed by atoms with E-state index in [2.05, 4.69) is 239 Å². The summed E-state index contributed by atoms with van der Waals surface area (Å²) in [6.45, 7) is 14.0. The number of rotatable bonds is 2. The molecule has 14 rings (SSSR count). The van der Waals surface area contributed by atoms with E-state index in [9.17, 15) is 0 Å². The lowest BCUT2D eigenvalue weighted by Crippen LogP contribution is -2.65. The third kappa shape index (κ3) is 5.23. The molecule has 0 bridgehead atoms. The molecular formula is C63H49BN2S. The number of anilines is 3. The number of thiophene rings is 1. The molecule has 0 amide bonds. The lowest BCUT2D eigenvalue weighted by molar-refractivity contribution is 0.590. The van der Waals surface area contributed by atoms with Gasteiger partial charge in [-0.25, -0.2) is 0 Å². The molecule has 0 atom stereocenters. The van der Waals surface area contributed by atoms with Crippen LogP contribution in [0.1, 0.15) is 74.9 Å². The quantitative estimate of drug-likeness (QED) is 0.157. The molecular weight excluding hydrogens is 828 g/mol. The van der Waals surface area contributed by atoms with Gasteiger partial charge in [-0.15, -0.1) is 11.3 Å². The predicted octanol–water partition coefficient (Wildman–Crippen LogP) is 14.7. The van der Waals surface area contributed by atoms with Crippen LogP contribution < -0.4 is 21.3 Å². The van der Waals surface area contributed by atoms with Crippen LogP contribution in [0.4, 0.5) is 17.1 Å². The molecule has 2 aromatic heterocycles. The standard InChI is InChI=1S/C63H49BN2S/c1-61(2,3)38-27-30-40(31-28-38)65-56-37-59-47(46-21-11-16-26-58(46)67-59)36-53(56)64-52-33-39(62(4,5)6)29-32-50(52)63(48-22-12-7-17-42(48)43-18-8-13-23-49(43)63)51-34-41(35-57(65)60(51)64)66-54-24-14-9-19-44(54)45-20-10-15-25-55(45)66/h7-37H,1-6H3. The van der Waals surface area contributed by atoms with Gasteiger partial charge in [0, 0.05) is 48.3 Å². The summed E-state index contributed by atoms with van der Waals surface area (Å²) >= 11 is 1.91. The molecule has 4 heterocycles. The van der Waals surface area contributed by atoms with Gasteiger partial charge in [0.05, 0.1) is 16.4 Å². The molecule has 4 heteroatoms. The largest absolute Gasteiger partial charge is 0.311 e. The minimum atomic E-state index is -0.591. The Morgan fingerprint density at radius 3 is 1.66 bits per heavy atom. The third-order valence-electron chi connectivity index (χ3n) is 15.6. The third-order valence-corrected chi connectivity index (χ3v) is 16.7. The van der Waals surface area contributed by atoms with Gasteiger partial charge >= 0.3 is 0 Å². The molecule has 1 spiro atoms. The molecule has 2 aliphatic heterocycles. The van der Waals surface area contributed by atoms with Crippen molar-refractivity contribution >= 4 is 93.5 Å². The number of aromatic nitrogens is 1. The maximum atomic E-state index is 2.64. The summed E-state index contributed by atoms with van der Waals surface area (Å²) in [7, 11) is 0. The highest BCUT2D eigenvalue weighted by Gasteiger charge is 2.55. The van der Waals surface area contributed by atoms with Crippen molar-refractivity contribution in [2.45, 2.75) is 57.8 Å².